The first-order valence-electron chi connectivity index (χ1n) is 4.34. The van der Waals surface area contributed by atoms with Gasteiger partial charge in [0, 0.05) is 12.2 Å². The van der Waals surface area contributed by atoms with Gasteiger partial charge in [-0.05, 0) is 12.8 Å². The van der Waals surface area contributed by atoms with Crippen LogP contribution in [0.1, 0.15) is 26.7 Å². The van der Waals surface area contributed by atoms with Crippen LogP contribution in [0.4, 0.5) is 3.89 Å². The van der Waals surface area contributed by atoms with Crippen molar-refractivity contribution < 1.29 is 12.3 Å². The Hall–Kier alpha value is -0.580. The van der Waals surface area contributed by atoms with Gasteiger partial charge in [0.1, 0.15) is 0 Å². The van der Waals surface area contributed by atoms with Gasteiger partial charge in [0.15, 0.2) is 0 Å². The highest BCUT2D eigenvalue weighted by Crippen LogP contribution is 1.97. The van der Waals surface area contributed by atoms with Crippen LogP contribution in [0.15, 0.2) is 11.8 Å². The molecule has 0 saturated heterocycles. The summed E-state index contributed by atoms with van der Waals surface area (Å²) in [5.74, 6) is -0.464. The molecule has 0 amide bonds. The molecule has 3 nitrogen and oxygen atoms in total. The van der Waals surface area contributed by atoms with E-state index in [1.165, 1.54) is 0 Å². The smallest absolute Gasteiger partial charge is 0.304 e. The number of hydrogen-bond donors (Lipinski definition) is 1. The first-order chi connectivity index (χ1) is 5.99. The molecule has 0 radical (unpaired) electrons. The molecule has 13 heavy (non-hydrogen) atoms. The Kier molecular flexibility index (Phi) is 5.70. The van der Waals surface area contributed by atoms with Crippen LogP contribution in [-0.2, 0) is 10.2 Å². The average Bonchev–Trinajstić information content (AvgIpc) is 2.01. The second-order valence-electron chi connectivity index (χ2n) is 2.66. The summed E-state index contributed by atoms with van der Waals surface area (Å²) in [6, 6.07) is 0. The molecule has 0 rings (SSSR count). The Morgan fingerprint density at radius 1 is 1.46 bits per heavy atom. The lowest BCUT2D eigenvalue weighted by Gasteiger charge is -2.06. The predicted molar refractivity (Wildman–Crippen MR) is 51.6 cm³/mol. The van der Waals surface area contributed by atoms with Crippen molar-refractivity contribution >= 4 is 10.2 Å². The third kappa shape index (κ3) is 7.77. The molecule has 0 bridgehead atoms. The van der Waals surface area contributed by atoms with Crippen molar-refractivity contribution in [2.24, 2.45) is 0 Å². The Morgan fingerprint density at radius 3 is 2.46 bits per heavy atom. The molecule has 0 aliphatic carbocycles. The zero-order valence-corrected chi connectivity index (χ0v) is 8.82. The maximum atomic E-state index is 12.0. The van der Waals surface area contributed by atoms with Gasteiger partial charge in [0.05, 0.1) is 5.75 Å². The number of nitrogens with one attached hydrogen (secondary N) is 1. The third-order valence-electron chi connectivity index (χ3n) is 1.53. The highest BCUT2D eigenvalue weighted by atomic mass is 32.3. The first kappa shape index (κ1) is 12.4. The monoisotopic (exact) mass is 209 g/mol. The summed E-state index contributed by atoms with van der Waals surface area (Å²) in [6.45, 7) is 4.08. The maximum Gasteiger partial charge on any atom is 0.304 e. The van der Waals surface area contributed by atoms with E-state index in [-0.39, 0.29) is 6.54 Å². The molecule has 0 aromatic rings. The van der Waals surface area contributed by atoms with Gasteiger partial charge in [0.2, 0.25) is 0 Å². The van der Waals surface area contributed by atoms with Crippen molar-refractivity contribution in [3.05, 3.63) is 11.8 Å². The summed E-state index contributed by atoms with van der Waals surface area (Å²) in [5, 5.41) is 2.87. The minimum absolute atomic E-state index is 0.137. The Bertz CT molecular complexity index is 259. The normalized spacial score (nSPS) is 13.0. The number of halogens is 1. The Labute approximate surface area is 79.2 Å². The van der Waals surface area contributed by atoms with Crippen LogP contribution in [0.25, 0.3) is 0 Å². The lowest BCUT2D eigenvalue weighted by molar-refractivity contribution is 0.549. The van der Waals surface area contributed by atoms with E-state index in [4.69, 9.17) is 0 Å². The minimum Gasteiger partial charge on any atom is -0.387 e. The van der Waals surface area contributed by atoms with E-state index >= 15 is 0 Å². The van der Waals surface area contributed by atoms with Gasteiger partial charge in [-0.15, -0.1) is 3.89 Å². The molecule has 0 aliphatic rings. The van der Waals surface area contributed by atoms with E-state index in [0.717, 1.165) is 18.5 Å². The fourth-order valence-electron chi connectivity index (χ4n) is 0.921. The largest absolute Gasteiger partial charge is 0.387 e. The molecular weight excluding hydrogens is 193 g/mol. The number of hydrogen-bond acceptors (Lipinski definition) is 3. The van der Waals surface area contributed by atoms with Crippen LogP contribution in [0.2, 0.25) is 0 Å². The quantitative estimate of drug-likeness (QED) is 0.675. The number of allylic oxidation sites excluding steroid dienone is 2. The lowest BCUT2D eigenvalue weighted by Crippen LogP contribution is -2.20. The molecule has 0 heterocycles. The Balaban J connectivity index is 3.81. The second kappa shape index (κ2) is 5.96. The van der Waals surface area contributed by atoms with Crippen LogP contribution < -0.4 is 5.32 Å². The topological polar surface area (TPSA) is 46.2 Å². The summed E-state index contributed by atoms with van der Waals surface area (Å²) in [5.41, 5.74) is 0.964. The van der Waals surface area contributed by atoms with E-state index in [9.17, 15) is 12.3 Å². The molecule has 0 aromatic heterocycles. The summed E-state index contributed by atoms with van der Waals surface area (Å²) in [7, 11) is -4.33. The van der Waals surface area contributed by atoms with E-state index in [1.807, 2.05) is 19.9 Å². The molecule has 0 fully saturated rings. The van der Waals surface area contributed by atoms with Crippen LogP contribution in [0.5, 0.6) is 0 Å². The molecule has 0 saturated carbocycles. The second-order valence-corrected chi connectivity index (χ2v) is 4.15. The van der Waals surface area contributed by atoms with Crippen LogP contribution in [0, 0.1) is 0 Å². The molecule has 0 unspecified atom stereocenters. The summed E-state index contributed by atoms with van der Waals surface area (Å²) < 4.78 is 32.3. The SMILES string of the molecule is CC/C=C(\CC)NCCS(=O)(=O)F. The average molecular weight is 209 g/mol. The molecule has 1 N–H and O–H groups in total. The van der Waals surface area contributed by atoms with E-state index in [1.54, 1.807) is 0 Å². The summed E-state index contributed by atoms with van der Waals surface area (Å²) >= 11 is 0. The van der Waals surface area contributed by atoms with Crippen LogP contribution in [-0.4, -0.2) is 20.7 Å². The van der Waals surface area contributed by atoms with Crippen molar-refractivity contribution in [3.63, 3.8) is 0 Å². The molecule has 0 aromatic carbocycles. The molecule has 0 spiro atoms. The van der Waals surface area contributed by atoms with Crippen molar-refractivity contribution in [1.29, 1.82) is 0 Å². The summed E-state index contributed by atoms with van der Waals surface area (Å²) in [6.07, 6.45) is 3.66. The highest BCUT2D eigenvalue weighted by molar-refractivity contribution is 7.86. The fraction of sp³-hybridized carbons (Fsp3) is 0.750. The number of rotatable bonds is 6. The van der Waals surface area contributed by atoms with Crippen LogP contribution in [0.3, 0.4) is 0 Å². The standard InChI is InChI=1S/C8H16FNO2S/c1-3-5-8(4-2)10-6-7-13(9,11)12/h5,10H,3-4,6-7H2,1-2H3/b8-5+. The third-order valence-corrected chi connectivity index (χ3v) is 2.22. The van der Waals surface area contributed by atoms with Gasteiger partial charge >= 0.3 is 10.2 Å². The van der Waals surface area contributed by atoms with Crippen molar-refractivity contribution in [1.82, 2.24) is 5.32 Å². The Morgan fingerprint density at radius 2 is 2.08 bits per heavy atom. The molecular formula is C8H16FNO2S. The van der Waals surface area contributed by atoms with E-state index in [0.29, 0.717) is 0 Å². The molecule has 0 aliphatic heterocycles. The van der Waals surface area contributed by atoms with Crippen LogP contribution >= 0.6 is 0 Å². The highest BCUT2D eigenvalue weighted by Gasteiger charge is 2.05. The zero-order valence-electron chi connectivity index (χ0n) is 8.01. The van der Waals surface area contributed by atoms with Gasteiger partial charge in [0.25, 0.3) is 0 Å². The van der Waals surface area contributed by atoms with Gasteiger partial charge in [-0.25, -0.2) is 0 Å². The van der Waals surface area contributed by atoms with Crippen molar-refractivity contribution in [2.45, 2.75) is 26.7 Å². The lowest BCUT2D eigenvalue weighted by atomic mass is 10.3. The van der Waals surface area contributed by atoms with Gasteiger partial charge < -0.3 is 5.32 Å². The zero-order chi connectivity index (χ0) is 10.3. The van der Waals surface area contributed by atoms with Gasteiger partial charge in [-0.2, -0.15) is 8.42 Å². The minimum atomic E-state index is -4.33. The van der Waals surface area contributed by atoms with Gasteiger partial charge in [-0.1, -0.05) is 19.9 Å². The maximum absolute atomic E-state index is 12.0. The molecule has 78 valence electrons. The predicted octanol–water partition coefficient (Wildman–Crippen LogP) is 1.58. The molecule has 0 atom stereocenters. The fourth-order valence-corrected chi connectivity index (χ4v) is 1.27. The first-order valence-corrected chi connectivity index (χ1v) is 5.90. The van der Waals surface area contributed by atoms with Crippen molar-refractivity contribution in [3.8, 4) is 0 Å². The van der Waals surface area contributed by atoms with Gasteiger partial charge in [-0.3, -0.25) is 0 Å². The molecule has 5 heteroatoms. The van der Waals surface area contributed by atoms with E-state index < -0.39 is 16.0 Å². The summed E-state index contributed by atoms with van der Waals surface area (Å²) in [4.78, 5) is 0. The van der Waals surface area contributed by atoms with E-state index in [2.05, 4.69) is 5.32 Å². The van der Waals surface area contributed by atoms with Crippen molar-refractivity contribution in [2.75, 3.05) is 12.3 Å².